The summed E-state index contributed by atoms with van der Waals surface area (Å²) in [6.07, 6.45) is 1.76. The number of nitrogens with zero attached hydrogens (tertiary/aromatic N) is 5. The molecule has 0 bridgehead atoms. The second-order valence-electron chi connectivity index (χ2n) is 8.83. The van der Waals surface area contributed by atoms with Crippen LogP contribution in [0.3, 0.4) is 0 Å². The van der Waals surface area contributed by atoms with Crippen molar-refractivity contribution in [2.24, 2.45) is 5.92 Å². The Bertz CT molecular complexity index is 1130. The zero-order chi connectivity index (χ0) is 23.5. The first-order valence-electron chi connectivity index (χ1n) is 11.7. The van der Waals surface area contributed by atoms with Gasteiger partial charge in [0.2, 0.25) is 5.91 Å². The molecule has 0 aliphatic carbocycles. The Morgan fingerprint density at radius 3 is 2.29 bits per heavy atom. The van der Waals surface area contributed by atoms with E-state index in [1.807, 2.05) is 28.0 Å². The lowest BCUT2D eigenvalue weighted by Crippen LogP contribution is -2.52. The van der Waals surface area contributed by atoms with Gasteiger partial charge in [0.25, 0.3) is 0 Å². The first-order valence-corrected chi connectivity index (χ1v) is 11.7. The van der Waals surface area contributed by atoms with Crippen molar-refractivity contribution in [2.45, 2.75) is 12.8 Å². The molecule has 2 saturated heterocycles. The van der Waals surface area contributed by atoms with Crippen LogP contribution in [0.4, 0.5) is 20.3 Å². The Kier molecular flexibility index (Phi) is 6.38. The molecule has 2 fully saturated rings. The molecule has 1 aromatic heterocycles. The van der Waals surface area contributed by atoms with E-state index in [-0.39, 0.29) is 23.5 Å². The van der Waals surface area contributed by atoms with Gasteiger partial charge in [-0.15, -0.1) is 10.2 Å². The fourth-order valence-corrected chi connectivity index (χ4v) is 4.79. The molecule has 0 N–H and O–H groups in total. The maximum absolute atomic E-state index is 14.1. The van der Waals surface area contributed by atoms with Crippen LogP contribution < -0.4 is 9.80 Å². The lowest BCUT2D eigenvalue weighted by Gasteiger charge is -2.40. The first-order chi connectivity index (χ1) is 16.6. The molecule has 1 amide bonds. The van der Waals surface area contributed by atoms with Gasteiger partial charge in [-0.05, 0) is 61.4 Å². The standard InChI is InChI=1S/C26H27F2N5O/c27-21-9-7-19(8-10-21)23-11-12-25(30-29-23)33-13-3-4-20(18-33)26(34)32-16-14-31(15-17-32)24-6-2-1-5-22(24)28/h1-2,5-12,20H,3-4,13-18H2. The maximum atomic E-state index is 14.1. The highest BCUT2D eigenvalue weighted by molar-refractivity contribution is 5.80. The Hall–Kier alpha value is -3.55. The molecule has 3 heterocycles. The summed E-state index contributed by atoms with van der Waals surface area (Å²) in [6, 6.07) is 16.7. The van der Waals surface area contributed by atoms with Crippen LogP contribution in [-0.2, 0) is 4.79 Å². The number of halogens is 2. The lowest BCUT2D eigenvalue weighted by atomic mass is 9.96. The smallest absolute Gasteiger partial charge is 0.227 e. The summed E-state index contributed by atoms with van der Waals surface area (Å²) in [6.45, 7) is 3.87. The van der Waals surface area contributed by atoms with Gasteiger partial charge in [-0.25, -0.2) is 8.78 Å². The average Bonchev–Trinajstić information content (AvgIpc) is 2.89. The summed E-state index contributed by atoms with van der Waals surface area (Å²) >= 11 is 0. The topological polar surface area (TPSA) is 52.6 Å². The molecular weight excluding hydrogens is 436 g/mol. The SMILES string of the molecule is O=C(C1CCCN(c2ccc(-c3ccc(F)cc3)nn2)C1)N1CCN(c2ccccc2F)CC1. The van der Waals surface area contributed by atoms with Gasteiger partial charge in [0, 0.05) is 44.8 Å². The summed E-state index contributed by atoms with van der Waals surface area (Å²) in [5.74, 6) is 0.302. The number of anilines is 2. The number of carbonyl (C=O) groups excluding carboxylic acids is 1. The molecule has 2 aromatic carbocycles. The van der Waals surface area contributed by atoms with Gasteiger partial charge in [0.1, 0.15) is 11.6 Å². The number of benzene rings is 2. The van der Waals surface area contributed by atoms with E-state index in [0.29, 0.717) is 44.1 Å². The first kappa shape index (κ1) is 22.3. The van der Waals surface area contributed by atoms with Crippen LogP contribution in [0.2, 0.25) is 0 Å². The highest BCUT2D eigenvalue weighted by Gasteiger charge is 2.32. The fourth-order valence-electron chi connectivity index (χ4n) is 4.79. The van der Waals surface area contributed by atoms with E-state index < -0.39 is 0 Å². The van der Waals surface area contributed by atoms with E-state index in [9.17, 15) is 13.6 Å². The van der Waals surface area contributed by atoms with E-state index in [1.54, 1.807) is 24.3 Å². The lowest BCUT2D eigenvalue weighted by molar-refractivity contribution is -0.136. The number of para-hydroxylation sites is 1. The van der Waals surface area contributed by atoms with E-state index in [4.69, 9.17) is 0 Å². The van der Waals surface area contributed by atoms with Crippen molar-refractivity contribution in [3.05, 3.63) is 72.3 Å². The molecule has 176 valence electrons. The van der Waals surface area contributed by atoms with Crippen molar-refractivity contribution in [3.8, 4) is 11.3 Å². The van der Waals surface area contributed by atoms with Crippen LogP contribution in [-0.4, -0.2) is 60.3 Å². The van der Waals surface area contributed by atoms with E-state index in [0.717, 1.165) is 30.8 Å². The van der Waals surface area contributed by atoms with Gasteiger partial charge >= 0.3 is 0 Å². The summed E-state index contributed by atoms with van der Waals surface area (Å²) in [7, 11) is 0. The predicted molar refractivity (Wildman–Crippen MR) is 128 cm³/mol. The number of piperazine rings is 1. The molecule has 8 heteroatoms. The van der Waals surface area contributed by atoms with E-state index in [2.05, 4.69) is 15.1 Å². The highest BCUT2D eigenvalue weighted by atomic mass is 19.1. The normalized spacial score (nSPS) is 18.8. The zero-order valence-corrected chi connectivity index (χ0v) is 18.9. The Morgan fingerprint density at radius 2 is 1.59 bits per heavy atom. The molecule has 34 heavy (non-hydrogen) atoms. The van der Waals surface area contributed by atoms with Gasteiger partial charge in [0.15, 0.2) is 5.82 Å². The zero-order valence-electron chi connectivity index (χ0n) is 18.9. The molecule has 5 rings (SSSR count). The monoisotopic (exact) mass is 463 g/mol. The maximum Gasteiger partial charge on any atom is 0.227 e. The molecule has 2 aliphatic rings. The molecule has 0 radical (unpaired) electrons. The van der Waals surface area contributed by atoms with Crippen molar-refractivity contribution in [2.75, 3.05) is 49.1 Å². The summed E-state index contributed by atoms with van der Waals surface area (Å²) in [5.41, 5.74) is 2.09. The van der Waals surface area contributed by atoms with Crippen LogP contribution in [0.1, 0.15) is 12.8 Å². The van der Waals surface area contributed by atoms with Gasteiger partial charge in [-0.2, -0.15) is 0 Å². The van der Waals surface area contributed by atoms with Gasteiger partial charge in [-0.3, -0.25) is 4.79 Å². The number of rotatable bonds is 4. The fraction of sp³-hybridized carbons (Fsp3) is 0.346. The van der Waals surface area contributed by atoms with Crippen LogP contribution in [0.25, 0.3) is 11.3 Å². The second kappa shape index (κ2) is 9.75. The molecule has 3 aromatic rings. The third-order valence-electron chi connectivity index (χ3n) is 6.67. The Balaban J connectivity index is 1.19. The molecule has 1 atom stereocenters. The highest BCUT2D eigenvalue weighted by Crippen LogP contribution is 2.26. The Morgan fingerprint density at radius 1 is 0.824 bits per heavy atom. The number of hydrogen-bond donors (Lipinski definition) is 0. The second-order valence-corrected chi connectivity index (χ2v) is 8.83. The van der Waals surface area contributed by atoms with Crippen LogP contribution >= 0.6 is 0 Å². The molecular formula is C26H27F2N5O. The van der Waals surface area contributed by atoms with Crippen molar-refractivity contribution >= 4 is 17.4 Å². The van der Waals surface area contributed by atoms with Crippen LogP contribution in [0, 0.1) is 17.6 Å². The summed E-state index contributed by atoms with van der Waals surface area (Å²) in [5, 5.41) is 8.69. The minimum absolute atomic E-state index is 0.0904. The third kappa shape index (κ3) is 4.71. The number of aromatic nitrogens is 2. The number of amides is 1. The summed E-state index contributed by atoms with van der Waals surface area (Å²) in [4.78, 5) is 19.3. The van der Waals surface area contributed by atoms with Gasteiger partial charge < -0.3 is 14.7 Å². The largest absolute Gasteiger partial charge is 0.366 e. The third-order valence-corrected chi connectivity index (χ3v) is 6.67. The minimum Gasteiger partial charge on any atom is -0.366 e. The molecule has 6 nitrogen and oxygen atoms in total. The van der Waals surface area contributed by atoms with Crippen LogP contribution in [0.5, 0.6) is 0 Å². The van der Waals surface area contributed by atoms with Crippen LogP contribution in [0.15, 0.2) is 60.7 Å². The van der Waals surface area contributed by atoms with Crippen molar-refractivity contribution in [1.29, 1.82) is 0 Å². The Labute approximate surface area is 197 Å². The number of piperidine rings is 1. The quantitative estimate of drug-likeness (QED) is 0.586. The average molecular weight is 464 g/mol. The van der Waals surface area contributed by atoms with Gasteiger partial charge in [-0.1, -0.05) is 12.1 Å². The molecule has 2 aliphatic heterocycles. The molecule has 0 saturated carbocycles. The summed E-state index contributed by atoms with van der Waals surface area (Å²) < 4.78 is 27.3. The van der Waals surface area contributed by atoms with Crippen molar-refractivity contribution < 1.29 is 13.6 Å². The van der Waals surface area contributed by atoms with Crippen molar-refractivity contribution in [3.63, 3.8) is 0 Å². The van der Waals surface area contributed by atoms with Gasteiger partial charge in [0.05, 0.1) is 17.3 Å². The molecule has 0 spiro atoms. The van der Waals surface area contributed by atoms with E-state index in [1.165, 1.54) is 18.2 Å². The minimum atomic E-state index is -0.286. The van der Waals surface area contributed by atoms with Crippen molar-refractivity contribution in [1.82, 2.24) is 15.1 Å². The number of hydrogen-bond acceptors (Lipinski definition) is 5. The number of carbonyl (C=O) groups is 1. The molecule has 1 unspecified atom stereocenters. The van der Waals surface area contributed by atoms with E-state index >= 15 is 0 Å². The predicted octanol–water partition coefficient (Wildman–Crippen LogP) is 3.99.